The highest BCUT2D eigenvalue weighted by Crippen LogP contribution is 2.65. The molecule has 0 radical (unpaired) electrons. The predicted octanol–water partition coefficient (Wildman–Crippen LogP) is 4.74. The number of hydrogen-bond acceptors (Lipinski definition) is 0. The fourth-order valence-electron chi connectivity index (χ4n) is 5.92. The molecule has 0 aromatic carbocycles. The molecule has 0 heteroatoms. The van der Waals surface area contributed by atoms with E-state index in [-0.39, 0.29) is 0 Å². The van der Waals surface area contributed by atoms with E-state index in [0.717, 1.165) is 40.9 Å². The molecule has 2 unspecified atom stereocenters. The van der Waals surface area contributed by atoms with Crippen LogP contribution in [0.1, 0.15) is 59.8 Å². The zero-order valence-electron chi connectivity index (χ0n) is 11.5. The summed E-state index contributed by atoms with van der Waals surface area (Å²) in [6.07, 6.45) is 7.87. The lowest BCUT2D eigenvalue weighted by atomic mass is 9.42. The van der Waals surface area contributed by atoms with Gasteiger partial charge in [0.2, 0.25) is 0 Å². The van der Waals surface area contributed by atoms with E-state index >= 15 is 0 Å². The van der Waals surface area contributed by atoms with Crippen LogP contribution in [-0.4, -0.2) is 0 Å². The van der Waals surface area contributed by atoms with Crippen molar-refractivity contribution in [2.75, 3.05) is 0 Å². The fourth-order valence-corrected chi connectivity index (χ4v) is 5.92. The van der Waals surface area contributed by atoms with E-state index in [0.29, 0.717) is 0 Å². The van der Waals surface area contributed by atoms with Gasteiger partial charge in [0, 0.05) is 0 Å². The molecule has 0 nitrogen and oxygen atoms in total. The van der Waals surface area contributed by atoms with E-state index in [9.17, 15) is 0 Å². The minimum Gasteiger partial charge on any atom is -0.0625 e. The maximum absolute atomic E-state index is 2.48. The van der Waals surface area contributed by atoms with Crippen molar-refractivity contribution in [3.63, 3.8) is 0 Å². The maximum Gasteiger partial charge on any atom is -0.0266 e. The van der Waals surface area contributed by atoms with Crippen molar-refractivity contribution in [1.82, 2.24) is 0 Å². The average molecular weight is 220 g/mol. The molecule has 0 aromatic heterocycles. The van der Waals surface area contributed by atoms with Gasteiger partial charge in [0.15, 0.2) is 0 Å². The Kier molecular flexibility index (Phi) is 2.43. The van der Waals surface area contributed by atoms with E-state index in [2.05, 4.69) is 27.7 Å². The van der Waals surface area contributed by atoms with Crippen LogP contribution < -0.4 is 0 Å². The average Bonchev–Trinajstić information content (AvgIpc) is 2.14. The normalized spacial score (nSPS) is 50.6. The van der Waals surface area contributed by atoms with Gasteiger partial charge in [-0.2, -0.15) is 0 Å². The highest BCUT2D eigenvalue weighted by Gasteiger charge is 2.56. The van der Waals surface area contributed by atoms with Crippen molar-refractivity contribution >= 4 is 0 Å². The van der Waals surface area contributed by atoms with Crippen LogP contribution in [0.3, 0.4) is 0 Å². The summed E-state index contributed by atoms with van der Waals surface area (Å²) in [5, 5.41) is 0. The standard InChI is InChI=1S/C16H28/c1-10(2)15-13-5-12-6-14(15)9-16(7-12,8-13)11(3)4/h10-15H,5-9H2,1-4H3. The van der Waals surface area contributed by atoms with Gasteiger partial charge in [0.25, 0.3) is 0 Å². The van der Waals surface area contributed by atoms with Crippen LogP contribution in [0, 0.1) is 40.9 Å². The quantitative estimate of drug-likeness (QED) is 0.630. The molecule has 4 fully saturated rings. The molecule has 4 aliphatic rings. The summed E-state index contributed by atoms with van der Waals surface area (Å²) in [4.78, 5) is 0. The molecule has 2 atom stereocenters. The van der Waals surface area contributed by atoms with Gasteiger partial charge in [-0.25, -0.2) is 0 Å². The molecule has 0 spiro atoms. The zero-order valence-corrected chi connectivity index (χ0v) is 11.5. The van der Waals surface area contributed by atoms with Crippen LogP contribution >= 0.6 is 0 Å². The highest BCUT2D eigenvalue weighted by atomic mass is 14.6. The molecule has 4 rings (SSSR count). The second-order valence-corrected chi connectivity index (χ2v) is 7.81. The molecule has 0 heterocycles. The Labute approximate surface area is 101 Å². The van der Waals surface area contributed by atoms with Crippen molar-refractivity contribution in [3.05, 3.63) is 0 Å². The lowest BCUT2D eigenvalue weighted by molar-refractivity contribution is -0.128. The predicted molar refractivity (Wildman–Crippen MR) is 69.2 cm³/mol. The third kappa shape index (κ3) is 1.41. The largest absolute Gasteiger partial charge is 0.0625 e. The lowest BCUT2D eigenvalue weighted by Crippen LogP contribution is -2.54. The summed E-state index contributed by atoms with van der Waals surface area (Å²) in [6.45, 7) is 9.90. The van der Waals surface area contributed by atoms with Crippen molar-refractivity contribution < 1.29 is 0 Å². The summed E-state index contributed by atoms with van der Waals surface area (Å²) >= 11 is 0. The Morgan fingerprint density at radius 3 is 1.88 bits per heavy atom. The van der Waals surface area contributed by atoms with Crippen LogP contribution in [0.4, 0.5) is 0 Å². The second kappa shape index (κ2) is 3.50. The molecular weight excluding hydrogens is 192 g/mol. The van der Waals surface area contributed by atoms with Crippen LogP contribution in [-0.2, 0) is 0 Å². The minimum atomic E-state index is 0.766. The van der Waals surface area contributed by atoms with Gasteiger partial charge >= 0.3 is 0 Å². The SMILES string of the molecule is CC(C)C1C2CC3CC1CC(C(C)C)(C3)C2. The molecule has 4 bridgehead atoms. The molecule has 4 saturated carbocycles. The maximum atomic E-state index is 2.48. The van der Waals surface area contributed by atoms with Gasteiger partial charge in [0.1, 0.15) is 0 Å². The summed E-state index contributed by atoms with van der Waals surface area (Å²) < 4.78 is 0. The first-order chi connectivity index (χ1) is 7.52. The van der Waals surface area contributed by atoms with Crippen molar-refractivity contribution in [2.24, 2.45) is 40.9 Å². The Morgan fingerprint density at radius 2 is 1.44 bits per heavy atom. The molecule has 16 heavy (non-hydrogen) atoms. The number of hydrogen-bond donors (Lipinski definition) is 0. The number of rotatable bonds is 2. The highest BCUT2D eigenvalue weighted by molar-refractivity contribution is 5.06. The molecular formula is C16H28. The molecule has 92 valence electrons. The Morgan fingerprint density at radius 1 is 0.875 bits per heavy atom. The van der Waals surface area contributed by atoms with Crippen LogP contribution in [0.5, 0.6) is 0 Å². The van der Waals surface area contributed by atoms with E-state index in [1.54, 1.807) is 32.1 Å². The van der Waals surface area contributed by atoms with Gasteiger partial charge in [-0.3, -0.25) is 0 Å². The molecule has 0 N–H and O–H groups in total. The van der Waals surface area contributed by atoms with Gasteiger partial charge in [-0.15, -0.1) is 0 Å². The first kappa shape index (κ1) is 11.1. The molecule has 0 aromatic rings. The lowest BCUT2D eigenvalue weighted by Gasteiger charge is -2.63. The summed E-state index contributed by atoms with van der Waals surface area (Å²) in [5.74, 6) is 6.22. The zero-order chi connectivity index (χ0) is 11.5. The third-order valence-corrected chi connectivity index (χ3v) is 6.39. The monoisotopic (exact) mass is 220 g/mol. The molecule has 0 saturated heterocycles. The van der Waals surface area contributed by atoms with E-state index in [1.807, 2.05) is 0 Å². The van der Waals surface area contributed by atoms with Gasteiger partial charge < -0.3 is 0 Å². The molecule has 0 aliphatic heterocycles. The Hall–Kier alpha value is 0. The topological polar surface area (TPSA) is 0 Å². The molecule has 4 aliphatic carbocycles. The second-order valence-electron chi connectivity index (χ2n) is 7.81. The van der Waals surface area contributed by atoms with Crippen molar-refractivity contribution in [3.8, 4) is 0 Å². The van der Waals surface area contributed by atoms with E-state index in [1.165, 1.54) is 0 Å². The molecule has 0 amide bonds. The fraction of sp³-hybridized carbons (Fsp3) is 1.00. The summed E-state index contributed by atoms with van der Waals surface area (Å²) in [7, 11) is 0. The van der Waals surface area contributed by atoms with Crippen LogP contribution in [0.25, 0.3) is 0 Å². The summed E-state index contributed by atoms with van der Waals surface area (Å²) in [5.41, 5.74) is 0.766. The van der Waals surface area contributed by atoms with E-state index in [4.69, 9.17) is 0 Å². The van der Waals surface area contributed by atoms with Gasteiger partial charge in [-0.1, -0.05) is 27.7 Å². The summed E-state index contributed by atoms with van der Waals surface area (Å²) in [6, 6.07) is 0. The first-order valence-electron chi connectivity index (χ1n) is 7.52. The minimum absolute atomic E-state index is 0.766. The first-order valence-corrected chi connectivity index (χ1v) is 7.52. The van der Waals surface area contributed by atoms with Crippen LogP contribution in [0.15, 0.2) is 0 Å². The Balaban J connectivity index is 1.89. The van der Waals surface area contributed by atoms with Gasteiger partial charge in [0.05, 0.1) is 0 Å². The third-order valence-electron chi connectivity index (χ3n) is 6.39. The van der Waals surface area contributed by atoms with Crippen molar-refractivity contribution in [1.29, 1.82) is 0 Å². The van der Waals surface area contributed by atoms with Gasteiger partial charge in [-0.05, 0) is 73.0 Å². The van der Waals surface area contributed by atoms with E-state index < -0.39 is 0 Å². The van der Waals surface area contributed by atoms with Crippen molar-refractivity contribution in [2.45, 2.75) is 59.8 Å². The Bertz CT molecular complexity index is 260. The smallest absolute Gasteiger partial charge is 0.0266 e. The van der Waals surface area contributed by atoms with Crippen LogP contribution in [0.2, 0.25) is 0 Å².